The van der Waals surface area contributed by atoms with Crippen LogP contribution in [0.3, 0.4) is 0 Å². The molecule has 0 aliphatic rings. The molecule has 1 heterocycles. The number of aromatic nitrogens is 3. The predicted octanol–water partition coefficient (Wildman–Crippen LogP) is 2.38. The van der Waals surface area contributed by atoms with Crippen molar-refractivity contribution < 1.29 is 4.79 Å². The zero-order valence-electron chi connectivity index (χ0n) is 10.1. The monoisotopic (exact) mass is 308 g/mol. The molecule has 1 aromatic carbocycles. The summed E-state index contributed by atoms with van der Waals surface area (Å²) in [6.45, 7) is 3.58. The van der Waals surface area contributed by atoms with Crippen LogP contribution in [0.1, 0.15) is 13.8 Å². The number of amides is 1. The third-order valence-electron chi connectivity index (χ3n) is 2.36. The molecule has 0 aliphatic carbocycles. The molecule has 0 spiro atoms. The second-order valence-electron chi connectivity index (χ2n) is 4.28. The SMILES string of the molecule is CC(C)(Br)C(=O)Nc1ccccc1-n1cncn1. The Kier molecular flexibility index (Phi) is 3.47. The van der Waals surface area contributed by atoms with Crippen LogP contribution in [0.4, 0.5) is 5.69 Å². The second kappa shape index (κ2) is 4.89. The van der Waals surface area contributed by atoms with Crippen LogP contribution in [-0.2, 0) is 4.79 Å². The van der Waals surface area contributed by atoms with E-state index >= 15 is 0 Å². The van der Waals surface area contributed by atoms with Crippen LogP contribution in [0.25, 0.3) is 5.69 Å². The van der Waals surface area contributed by atoms with Gasteiger partial charge in [-0.1, -0.05) is 28.1 Å². The van der Waals surface area contributed by atoms with Crippen LogP contribution in [0, 0.1) is 0 Å². The first-order valence-corrected chi connectivity index (χ1v) is 6.22. The highest BCUT2D eigenvalue weighted by molar-refractivity contribution is 9.10. The molecule has 18 heavy (non-hydrogen) atoms. The summed E-state index contributed by atoms with van der Waals surface area (Å²) in [5.74, 6) is -0.116. The molecule has 5 nitrogen and oxygen atoms in total. The number of benzene rings is 1. The second-order valence-corrected chi connectivity index (χ2v) is 6.27. The minimum absolute atomic E-state index is 0.116. The fourth-order valence-electron chi connectivity index (χ4n) is 1.38. The summed E-state index contributed by atoms with van der Waals surface area (Å²) in [4.78, 5) is 15.8. The third-order valence-corrected chi connectivity index (χ3v) is 2.72. The van der Waals surface area contributed by atoms with Crippen LogP contribution in [-0.4, -0.2) is 25.0 Å². The molecule has 1 N–H and O–H groups in total. The molecule has 0 aliphatic heterocycles. The van der Waals surface area contributed by atoms with Gasteiger partial charge in [-0.25, -0.2) is 9.67 Å². The maximum absolute atomic E-state index is 12.0. The molecule has 0 saturated carbocycles. The number of alkyl halides is 1. The van der Waals surface area contributed by atoms with Crippen LogP contribution in [0.5, 0.6) is 0 Å². The summed E-state index contributed by atoms with van der Waals surface area (Å²) in [5, 5.41) is 6.92. The molecule has 6 heteroatoms. The number of nitrogens with one attached hydrogen (secondary N) is 1. The summed E-state index contributed by atoms with van der Waals surface area (Å²) < 4.78 is 0.985. The first-order chi connectivity index (χ1) is 8.48. The number of anilines is 1. The van der Waals surface area contributed by atoms with E-state index in [0.717, 1.165) is 5.69 Å². The zero-order chi connectivity index (χ0) is 13.2. The quantitative estimate of drug-likeness (QED) is 0.886. The maximum atomic E-state index is 12.0. The summed E-state index contributed by atoms with van der Waals surface area (Å²) in [6, 6.07) is 7.43. The van der Waals surface area contributed by atoms with Crippen LogP contribution >= 0.6 is 15.9 Å². The summed E-state index contributed by atoms with van der Waals surface area (Å²) in [7, 11) is 0. The number of carbonyl (C=O) groups is 1. The Labute approximate surface area is 113 Å². The number of carbonyl (C=O) groups excluding carboxylic acids is 1. The highest BCUT2D eigenvalue weighted by Gasteiger charge is 2.24. The molecule has 1 amide bonds. The van der Waals surface area contributed by atoms with Gasteiger partial charge in [0, 0.05) is 0 Å². The summed E-state index contributed by atoms with van der Waals surface area (Å²) in [5.41, 5.74) is 1.47. The van der Waals surface area contributed by atoms with E-state index < -0.39 is 4.32 Å². The van der Waals surface area contributed by atoms with Gasteiger partial charge in [0.15, 0.2) is 0 Å². The average molecular weight is 309 g/mol. The number of hydrogen-bond acceptors (Lipinski definition) is 3. The average Bonchev–Trinajstić information content (AvgIpc) is 2.82. The van der Waals surface area contributed by atoms with Gasteiger partial charge in [-0.2, -0.15) is 5.10 Å². The van der Waals surface area contributed by atoms with E-state index in [1.807, 2.05) is 24.3 Å². The van der Waals surface area contributed by atoms with Crippen LogP contribution < -0.4 is 5.32 Å². The number of para-hydroxylation sites is 2. The topological polar surface area (TPSA) is 59.8 Å². The fraction of sp³-hybridized carbons (Fsp3) is 0.250. The van der Waals surface area contributed by atoms with E-state index in [4.69, 9.17) is 0 Å². The van der Waals surface area contributed by atoms with Crippen molar-refractivity contribution in [3.05, 3.63) is 36.9 Å². The van der Waals surface area contributed by atoms with Crippen molar-refractivity contribution in [2.45, 2.75) is 18.2 Å². The molecule has 2 aromatic rings. The van der Waals surface area contributed by atoms with Gasteiger partial charge in [0.05, 0.1) is 15.7 Å². The number of nitrogens with zero attached hydrogens (tertiary/aromatic N) is 3. The van der Waals surface area contributed by atoms with E-state index in [9.17, 15) is 4.79 Å². The van der Waals surface area contributed by atoms with Crippen LogP contribution in [0.15, 0.2) is 36.9 Å². The molecule has 0 unspecified atom stereocenters. The molecule has 1 aromatic heterocycles. The number of hydrogen-bond donors (Lipinski definition) is 1. The number of halogens is 1. The Morgan fingerprint density at radius 1 is 1.39 bits per heavy atom. The minimum atomic E-state index is -0.623. The summed E-state index contributed by atoms with van der Waals surface area (Å²) in [6.07, 6.45) is 3.04. The predicted molar refractivity (Wildman–Crippen MR) is 73.0 cm³/mol. The summed E-state index contributed by atoms with van der Waals surface area (Å²) >= 11 is 3.33. The Morgan fingerprint density at radius 3 is 2.72 bits per heavy atom. The van der Waals surface area contributed by atoms with Crippen molar-refractivity contribution in [2.75, 3.05) is 5.32 Å². The molecular formula is C12H13BrN4O. The zero-order valence-corrected chi connectivity index (χ0v) is 11.7. The largest absolute Gasteiger partial charge is 0.323 e. The highest BCUT2D eigenvalue weighted by atomic mass is 79.9. The lowest BCUT2D eigenvalue weighted by atomic mass is 10.2. The van der Waals surface area contributed by atoms with Gasteiger partial charge in [0.1, 0.15) is 12.7 Å². The Morgan fingerprint density at radius 2 is 2.11 bits per heavy atom. The lowest BCUT2D eigenvalue weighted by molar-refractivity contribution is -0.117. The van der Waals surface area contributed by atoms with Crippen molar-refractivity contribution in [1.82, 2.24) is 14.8 Å². The molecule has 0 fully saturated rings. The van der Waals surface area contributed by atoms with Gasteiger partial charge in [-0.3, -0.25) is 4.79 Å². The first kappa shape index (κ1) is 12.8. The van der Waals surface area contributed by atoms with Gasteiger partial charge >= 0.3 is 0 Å². The molecule has 2 rings (SSSR count). The Bertz CT molecular complexity index is 545. The molecule has 0 saturated heterocycles. The molecular weight excluding hydrogens is 296 g/mol. The standard InChI is InChI=1S/C12H13BrN4O/c1-12(2,13)11(18)16-9-5-3-4-6-10(9)17-8-14-7-15-17/h3-8H,1-2H3,(H,16,18). The molecule has 0 bridgehead atoms. The Hall–Kier alpha value is -1.69. The first-order valence-electron chi connectivity index (χ1n) is 5.43. The number of rotatable bonds is 3. The fourth-order valence-corrected chi connectivity index (χ4v) is 1.48. The van der Waals surface area contributed by atoms with E-state index in [0.29, 0.717) is 5.69 Å². The molecule has 0 radical (unpaired) electrons. The van der Waals surface area contributed by atoms with Gasteiger partial charge in [-0.15, -0.1) is 0 Å². The van der Waals surface area contributed by atoms with Gasteiger partial charge in [-0.05, 0) is 26.0 Å². The third kappa shape index (κ3) is 2.76. The smallest absolute Gasteiger partial charge is 0.240 e. The van der Waals surface area contributed by atoms with Crippen molar-refractivity contribution in [3.8, 4) is 5.69 Å². The molecule has 0 atom stereocenters. The van der Waals surface area contributed by atoms with Crippen molar-refractivity contribution in [2.24, 2.45) is 0 Å². The normalized spacial score (nSPS) is 11.3. The van der Waals surface area contributed by atoms with Gasteiger partial charge < -0.3 is 5.32 Å². The Balaban J connectivity index is 2.32. The van der Waals surface area contributed by atoms with Gasteiger partial charge in [0.2, 0.25) is 5.91 Å². The lowest BCUT2D eigenvalue weighted by Crippen LogP contribution is -2.31. The van der Waals surface area contributed by atoms with E-state index in [1.165, 1.54) is 6.33 Å². The van der Waals surface area contributed by atoms with E-state index in [2.05, 4.69) is 31.3 Å². The lowest BCUT2D eigenvalue weighted by Gasteiger charge is -2.17. The minimum Gasteiger partial charge on any atom is -0.323 e. The molecule has 94 valence electrons. The maximum Gasteiger partial charge on any atom is 0.240 e. The van der Waals surface area contributed by atoms with E-state index in [-0.39, 0.29) is 5.91 Å². The van der Waals surface area contributed by atoms with Crippen molar-refractivity contribution in [3.63, 3.8) is 0 Å². The van der Waals surface area contributed by atoms with Crippen molar-refractivity contribution in [1.29, 1.82) is 0 Å². The highest BCUT2D eigenvalue weighted by Crippen LogP contribution is 2.23. The van der Waals surface area contributed by atoms with Gasteiger partial charge in [0.25, 0.3) is 0 Å². The van der Waals surface area contributed by atoms with Crippen molar-refractivity contribution >= 4 is 27.5 Å². The van der Waals surface area contributed by atoms with Crippen LogP contribution in [0.2, 0.25) is 0 Å². The van der Waals surface area contributed by atoms with E-state index in [1.54, 1.807) is 24.9 Å².